The van der Waals surface area contributed by atoms with Gasteiger partial charge in [-0.05, 0) is 38.5 Å². The van der Waals surface area contributed by atoms with Gasteiger partial charge in [0, 0.05) is 16.0 Å². The number of halogens is 2. The lowest BCUT2D eigenvalue weighted by Gasteiger charge is -2.35. The normalized spacial score (nSPS) is 32.2. The summed E-state index contributed by atoms with van der Waals surface area (Å²) in [6.45, 7) is 6.82. The molecule has 0 spiro atoms. The van der Waals surface area contributed by atoms with Gasteiger partial charge in [0.05, 0.1) is 0 Å². The fraction of sp³-hybridized carbons (Fsp3) is 0.958. The van der Waals surface area contributed by atoms with Crippen LogP contribution in [-0.4, -0.2) is 14.5 Å². The molecule has 2 aliphatic carbocycles. The second-order valence-electron chi connectivity index (χ2n) is 10.8. The van der Waals surface area contributed by atoms with Crippen molar-refractivity contribution in [2.75, 3.05) is 0 Å². The molecule has 0 saturated heterocycles. The summed E-state index contributed by atoms with van der Waals surface area (Å²) in [5, 5.41) is -0.911. The maximum atomic E-state index is 15.4. The third-order valence-corrected chi connectivity index (χ3v) is 11.3. The molecule has 0 aliphatic heterocycles. The Morgan fingerprint density at radius 3 is 1.79 bits per heavy atom. The molecule has 0 heterocycles. The molecule has 0 bridgehead atoms. The van der Waals surface area contributed by atoms with E-state index in [1.54, 1.807) is 27.7 Å². The molecule has 1 nitrogen and oxygen atoms in total. The first-order chi connectivity index (χ1) is 13.1. The Hall–Kier alpha value is -0.253. The highest BCUT2D eigenvalue weighted by Crippen LogP contribution is 2.62. The molecule has 0 amide bonds. The average Bonchev–Trinajstić information content (AvgIpc) is 2.97. The van der Waals surface area contributed by atoms with E-state index in [1.165, 1.54) is 51.4 Å². The van der Waals surface area contributed by atoms with Crippen LogP contribution in [0.4, 0.5) is 8.22 Å². The summed E-state index contributed by atoms with van der Waals surface area (Å²) in [5.74, 6) is 0.379. The summed E-state index contributed by atoms with van der Waals surface area (Å²) < 4.78 is 30.8. The Morgan fingerprint density at radius 1 is 0.857 bits per heavy atom. The first-order valence-electron chi connectivity index (χ1n) is 12.0. The van der Waals surface area contributed by atoms with Crippen LogP contribution in [0.25, 0.3) is 0 Å². The molecule has 28 heavy (non-hydrogen) atoms. The van der Waals surface area contributed by atoms with Crippen LogP contribution in [0.15, 0.2) is 0 Å². The van der Waals surface area contributed by atoms with Crippen LogP contribution in [0.3, 0.4) is 0 Å². The molecule has 0 aromatic heterocycles. The number of hydrogen-bond acceptors (Lipinski definition) is 1. The maximum Gasteiger partial charge on any atom is 0.433 e. The SMILES string of the molecule is CC(=O)[C@]12CCCCCCCCCCCCC[C@H]1C[C@@H]([Si](F)(F)C(C)(C)C)C2. The molecule has 164 valence electrons. The standard InChI is InChI=1S/C24H44F2OSi/c1-20(27)24-17-15-13-11-9-7-5-6-8-10-12-14-16-21(24)18-22(19-24)28(25,26)23(2,3)4/h21-22H,5-19H2,1-4H3/t21-,22+,24+/m0/s1. The highest BCUT2D eigenvalue weighted by Gasteiger charge is 2.62. The van der Waals surface area contributed by atoms with Gasteiger partial charge in [0.1, 0.15) is 5.78 Å². The Bertz CT molecular complexity index is 499. The predicted octanol–water partition coefficient (Wildman–Crippen LogP) is 8.61. The van der Waals surface area contributed by atoms with Gasteiger partial charge in [0.2, 0.25) is 0 Å². The topological polar surface area (TPSA) is 17.1 Å². The summed E-state index contributed by atoms with van der Waals surface area (Å²) in [5.41, 5.74) is -0.979. The number of rotatable bonds is 2. The van der Waals surface area contributed by atoms with E-state index in [2.05, 4.69) is 0 Å². The lowest BCUT2D eigenvalue weighted by atomic mass is 9.69. The van der Waals surface area contributed by atoms with Gasteiger partial charge in [-0.3, -0.25) is 13.0 Å². The molecule has 0 aromatic rings. The first kappa shape index (κ1) is 24.0. The minimum Gasteiger partial charge on any atom is -0.299 e. The van der Waals surface area contributed by atoms with Gasteiger partial charge in [-0.15, -0.1) is 0 Å². The van der Waals surface area contributed by atoms with Crippen molar-refractivity contribution in [3.8, 4) is 0 Å². The second-order valence-corrected chi connectivity index (χ2v) is 14.4. The zero-order valence-electron chi connectivity index (χ0n) is 18.9. The van der Waals surface area contributed by atoms with Gasteiger partial charge < -0.3 is 0 Å². The maximum absolute atomic E-state index is 15.4. The van der Waals surface area contributed by atoms with E-state index in [9.17, 15) is 4.79 Å². The number of hydrogen-bond donors (Lipinski definition) is 0. The van der Waals surface area contributed by atoms with Gasteiger partial charge in [-0.2, -0.15) is 0 Å². The first-order valence-corrected chi connectivity index (χ1v) is 13.8. The van der Waals surface area contributed by atoms with Crippen molar-refractivity contribution < 1.29 is 13.0 Å². The van der Waals surface area contributed by atoms with Gasteiger partial charge in [-0.25, -0.2) is 0 Å². The quantitative estimate of drug-likeness (QED) is 0.326. The summed E-state index contributed by atoms with van der Waals surface area (Å²) in [4.78, 5) is 12.9. The van der Waals surface area contributed by atoms with E-state index in [0.29, 0.717) is 12.8 Å². The van der Waals surface area contributed by atoms with Crippen LogP contribution in [0.1, 0.15) is 124 Å². The highest BCUT2D eigenvalue weighted by atomic mass is 28.4. The van der Waals surface area contributed by atoms with E-state index in [-0.39, 0.29) is 11.7 Å². The molecular formula is C24H44F2OSi. The number of fused-ring (bicyclic) bond motifs is 1. The van der Waals surface area contributed by atoms with Crippen molar-refractivity contribution in [2.45, 2.75) is 135 Å². The molecule has 2 saturated carbocycles. The molecule has 4 heteroatoms. The minimum absolute atomic E-state index is 0.181. The Kier molecular flexibility index (Phi) is 8.73. The van der Waals surface area contributed by atoms with Crippen molar-refractivity contribution >= 4 is 14.5 Å². The predicted molar refractivity (Wildman–Crippen MR) is 117 cm³/mol. The van der Waals surface area contributed by atoms with Crippen molar-refractivity contribution in [1.82, 2.24) is 0 Å². The molecule has 3 atom stereocenters. The van der Waals surface area contributed by atoms with E-state index in [0.717, 1.165) is 32.1 Å². The fourth-order valence-electron chi connectivity index (χ4n) is 5.88. The monoisotopic (exact) mass is 414 g/mol. The van der Waals surface area contributed by atoms with Crippen molar-refractivity contribution in [3.05, 3.63) is 0 Å². The molecular weight excluding hydrogens is 370 g/mol. The van der Waals surface area contributed by atoms with Crippen LogP contribution in [0.2, 0.25) is 10.6 Å². The van der Waals surface area contributed by atoms with E-state index < -0.39 is 24.7 Å². The molecule has 2 aliphatic rings. The van der Waals surface area contributed by atoms with Crippen LogP contribution in [-0.2, 0) is 4.79 Å². The smallest absolute Gasteiger partial charge is 0.299 e. The van der Waals surface area contributed by atoms with Crippen LogP contribution in [0.5, 0.6) is 0 Å². The largest absolute Gasteiger partial charge is 0.433 e. The molecule has 0 N–H and O–H groups in total. The van der Waals surface area contributed by atoms with Crippen molar-refractivity contribution in [1.29, 1.82) is 0 Å². The second kappa shape index (κ2) is 10.2. The van der Waals surface area contributed by atoms with Gasteiger partial charge in [0.15, 0.2) is 0 Å². The average molecular weight is 415 g/mol. The van der Waals surface area contributed by atoms with Crippen LogP contribution in [0, 0.1) is 11.3 Å². The summed E-state index contributed by atoms with van der Waals surface area (Å²) in [6, 6.07) is 0. The highest BCUT2D eigenvalue weighted by molar-refractivity contribution is 6.70. The molecule has 0 radical (unpaired) electrons. The summed E-state index contributed by atoms with van der Waals surface area (Å²) in [6.07, 6.45) is 16.5. The third-order valence-electron chi connectivity index (χ3n) is 7.85. The minimum atomic E-state index is -4.41. The van der Waals surface area contributed by atoms with Gasteiger partial charge in [-0.1, -0.05) is 91.4 Å². The van der Waals surface area contributed by atoms with E-state index in [4.69, 9.17) is 0 Å². The summed E-state index contributed by atoms with van der Waals surface area (Å²) in [7, 11) is -4.41. The van der Waals surface area contributed by atoms with E-state index >= 15 is 8.22 Å². The third kappa shape index (κ3) is 5.67. The number of carbonyl (C=O) groups excluding carboxylic acids is 1. The molecule has 2 rings (SSSR count). The Morgan fingerprint density at radius 2 is 1.32 bits per heavy atom. The van der Waals surface area contributed by atoms with Crippen molar-refractivity contribution in [3.63, 3.8) is 0 Å². The lowest BCUT2D eigenvalue weighted by molar-refractivity contribution is -0.129. The van der Waals surface area contributed by atoms with Gasteiger partial charge in [0.25, 0.3) is 0 Å². The lowest BCUT2D eigenvalue weighted by Crippen LogP contribution is -2.40. The number of Topliss-reactive ketones (excluding diaryl/α,β-unsaturated/α-hetero) is 1. The Balaban J connectivity index is 2.19. The Labute approximate surface area is 173 Å². The van der Waals surface area contributed by atoms with Crippen LogP contribution < -0.4 is 0 Å². The molecule has 0 unspecified atom stereocenters. The van der Waals surface area contributed by atoms with Crippen LogP contribution >= 0.6 is 0 Å². The fourth-order valence-corrected chi connectivity index (χ4v) is 8.30. The zero-order valence-corrected chi connectivity index (χ0v) is 19.9. The zero-order chi connectivity index (χ0) is 20.8. The summed E-state index contributed by atoms with van der Waals surface area (Å²) >= 11 is 0. The van der Waals surface area contributed by atoms with Gasteiger partial charge >= 0.3 is 8.74 Å². The number of ketones is 1. The number of carbonyl (C=O) groups is 1. The van der Waals surface area contributed by atoms with Crippen molar-refractivity contribution in [2.24, 2.45) is 11.3 Å². The molecule has 2 fully saturated rings. The van der Waals surface area contributed by atoms with E-state index in [1.807, 2.05) is 0 Å². The molecule has 0 aromatic carbocycles.